The zero-order valence-corrected chi connectivity index (χ0v) is 37.0. The first kappa shape index (κ1) is 47.8. The van der Waals surface area contributed by atoms with Gasteiger partial charge in [0.15, 0.2) is 5.69 Å². The molecule has 0 radical (unpaired) electrons. The van der Waals surface area contributed by atoms with Gasteiger partial charge in [-0.1, -0.05) is 102 Å². The van der Waals surface area contributed by atoms with Crippen LogP contribution in [0.2, 0.25) is 10.6 Å². The first-order valence-electron chi connectivity index (χ1n) is 18.6. The molecule has 3 N–H and O–H groups in total. The molecule has 56 heavy (non-hydrogen) atoms. The molecule has 0 atom stereocenters. The van der Waals surface area contributed by atoms with Gasteiger partial charge < -0.3 is 25.6 Å². The van der Waals surface area contributed by atoms with Crippen LogP contribution in [0.15, 0.2) is 72.8 Å². The van der Waals surface area contributed by atoms with Gasteiger partial charge in [0.05, 0.1) is 7.11 Å². The van der Waals surface area contributed by atoms with Crippen molar-refractivity contribution in [3.63, 3.8) is 0 Å². The Hall–Kier alpha value is -4.32. The predicted molar refractivity (Wildman–Crippen MR) is 230 cm³/mol. The number of nitrogens with zero attached hydrogens (tertiary/aromatic N) is 5. The van der Waals surface area contributed by atoms with Gasteiger partial charge in [-0.2, -0.15) is 0 Å². The SMILES string of the molecule is CN(Cc1ccccc1)C(=O)c1cc(NC(C)(C)CC(C)(C)C)nc(Cl)n1.CNCc1ccccc1.COC(=O)c1cc(NC(C)(C)CC(C)(C)C)nc(Cl)n1. The number of ether oxygens (including phenoxy) is 1. The molecule has 2 aromatic heterocycles. The molecule has 1 amide bonds. The Morgan fingerprint density at radius 2 is 1.07 bits per heavy atom. The van der Waals surface area contributed by atoms with Crippen molar-refractivity contribution in [1.29, 1.82) is 0 Å². The van der Waals surface area contributed by atoms with Gasteiger partial charge in [-0.3, -0.25) is 4.79 Å². The molecule has 0 saturated carbocycles. The second-order valence-electron chi connectivity index (χ2n) is 17.5. The summed E-state index contributed by atoms with van der Waals surface area (Å²) in [6.07, 6.45) is 1.86. The smallest absolute Gasteiger partial charge is 0.356 e. The average molecular weight is 810 g/mol. The Morgan fingerprint density at radius 1 is 0.661 bits per heavy atom. The normalized spacial score (nSPS) is 11.6. The molecule has 0 spiro atoms. The van der Waals surface area contributed by atoms with E-state index in [-0.39, 0.29) is 49.8 Å². The number of rotatable bonds is 12. The first-order valence-corrected chi connectivity index (χ1v) is 19.4. The summed E-state index contributed by atoms with van der Waals surface area (Å²) in [7, 11) is 5.00. The number of carbonyl (C=O) groups excluding carboxylic acids is 2. The van der Waals surface area contributed by atoms with E-state index >= 15 is 0 Å². The summed E-state index contributed by atoms with van der Waals surface area (Å²) in [6.45, 7) is 22.9. The predicted octanol–water partition coefficient (Wildman–Crippen LogP) is 9.98. The third-order valence-corrected chi connectivity index (χ3v) is 8.06. The van der Waals surface area contributed by atoms with Crippen LogP contribution in [-0.2, 0) is 17.8 Å². The highest BCUT2D eigenvalue weighted by molar-refractivity contribution is 6.28. The Balaban J connectivity index is 0.000000325. The molecule has 0 unspecified atom stereocenters. The lowest BCUT2D eigenvalue weighted by molar-refractivity contribution is 0.0593. The molecule has 2 heterocycles. The molecule has 4 rings (SSSR count). The van der Waals surface area contributed by atoms with E-state index in [4.69, 9.17) is 23.2 Å². The largest absolute Gasteiger partial charge is 0.464 e. The molecule has 13 heteroatoms. The summed E-state index contributed by atoms with van der Waals surface area (Å²) in [5.41, 5.74) is 2.73. The van der Waals surface area contributed by atoms with E-state index < -0.39 is 5.97 Å². The molecule has 4 aromatic rings. The molecule has 0 fully saturated rings. The minimum absolute atomic E-state index is 0.0157. The van der Waals surface area contributed by atoms with Crippen LogP contribution in [0.4, 0.5) is 11.6 Å². The van der Waals surface area contributed by atoms with Crippen LogP contribution in [0, 0.1) is 10.8 Å². The molecule has 306 valence electrons. The second kappa shape index (κ2) is 21.3. The lowest BCUT2D eigenvalue weighted by Crippen LogP contribution is -2.36. The number of hydrogen-bond acceptors (Lipinski definition) is 10. The first-order chi connectivity index (χ1) is 25.9. The lowest BCUT2D eigenvalue weighted by atomic mass is 9.82. The van der Waals surface area contributed by atoms with Crippen molar-refractivity contribution in [1.82, 2.24) is 30.2 Å². The van der Waals surface area contributed by atoms with Gasteiger partial charge in [0.2, 0.25) is 10.6 Å². The second-order valence-corrected chi connectivity index (χ2v) is 18.1. The summed E-state index contributed by atoms with van der Waals surface area (Å²) in [5, 5.41) is 9.84. The van der Waals surface area contributed by atoms with E-state index in [0.717, 1.165) is 24.9 Å². The summed E-state index contributed by atoms with van der Waals surface area (Å²) in [4.78, 5) is 42.3. The van der Waals surface area contributed by atoms with Gasteiger partial charge in [-0.05, 0) is 92.7 Å². The van der Waals surface area contributed by atoms with Gasteiger partial charge in [-0.15, -0.1) is 0 Å². The number of esters is 1. The van der Waals surface area contributed by atoms with E-state index in [0.29, 0.717) is 18.2 Å². The topological polar surface area (TPSA) is 134 Å². The molecule has 0 aliphatic heterocycles. The fourth-order valence-corrected chi connectivity index (χ4v) is 7.00. The number of anilines is 2. The molecule has 0 bridgehead atoms. The number of carbonyl (C=O) groups is 2. The van der Waals surface area contributed by atoms with Gasteiger partial charge in [0, 0.05) is 43.3 Å². The summed E-state index contributed by atoms with van der Waals surface area (Å²) in [6, 6.07) is 23.4. The van der Waals surface area contributed by atoms with E-state index in [1.165, 1.54) is 12.7 Å². The van der Waals surface area contributed by atoms with Crippen LogP contribution >= 0.6 is 23.2 Å². The Labute approximate surface area is 344 Å². The lowest BCUT2D eigenvalue weighted by Gasteiger charge is -2.33. The van der Waals surface area contributed by atoms with E-state index in [1.54, 1.807) is 24.1 Å². The average Bonchev–Trinajstić information content (AvgIpc) is 3.06. The van der Waals surface area contributed by atoms with Crippen LogP contribution in [0.5, 0.6) is 0 Å². The highest BCUT2D eigenvalue weighted by Gasteiger charge is 2.28. The number of nitrogens with one attached hydrogen (secondary N) is 3. The standard InChI is InChI=1S/C21H29ClN4O.C14H22ClN3O2.C8H11N/c1-20(2,3)14-21(4,5)25-17-12-16(23-19(22)24-17)18(27)26(6)13-15-10-8-7-9-11-15;1-13(2,3)8-14(4,5)18-10-7-9(11(19)20-6)16-12(15)17-10;1-9-7-8-5-3-2-4-6-8/h7-12H,13-14H2,1-6H3,(H,23,24,25);7H,8H2,1-6H3,(H,16,17,18);2-6,9H,7H2,1H3. The molecule has 0 saturated heterocycles. The third kappa shape index (κ3) is 19.0. The van der Waals surface area contributed by atoms with Crippen LogP contribution < -0.4 is 16.0 Å². The van der Waals surface area contributed by atoms with E-state index in [1.807, 2.05) is 55.6 Å². The van der Waals surface area contributed by atoms with Crippen molar-refractivity contribution in [2.75, 3.05) is 31.8 Å². The van der Waals surface area contributed by atoms with Gasteiger partial charge in [-0.25, -0.2) is 24.7 Å². The Morgan fingerprint density at radius 3 is 1.48 bits per heavy atom. The number of amides is 1. The molecular weight excluding hydrogens is 747 g/mol. The van der Waals surface area contributed by atoms with Gasteiger partial charge >= 0.3 is 5.97 Å². The number of methoxy groups -OCH3 is 1. The monoisotopic (exact) mass is 808 g/mol. The summed E-state index contributed by atoms with van der Waals surface area (Å²) in [5.74, 6) is 0.339. The Bertz CT molecular complexity index is 1830. The van der Waals surface area contributed by atoms with Gasteiger partial charge in [0.25, 0.3) is 5.91 Å². The Kier molecular flexibility index (Phi) is 18.2. The highest BCUT2D eigenvalue weighted by Crippen LogP contribution is 2.31. The molecule has 2 aromatic carbocycles. The zero-order valence-electron chi connectivity index (χ0n) is 35.5. The van der Waals surface area contributed by atoms with Crippen molar-refractivity contribution in [3.8, 4) is 0 Å². The molecule has 0 aliphatic carbocycles. The van der Waals surface area contributed by atoms with Crippen molar-refractivity contribution >= 4 is 46.7 Å². The number of hydrogen-bond donors (Lipinski definition) is 3. The van der Waals surface area contributed by atoms with E-state index in [2.05, 4.69) is 122 Å². The van der Waals surface area contributed by atoms with Crippen molar-refractivity contribution in [2.45, 2.75) is 106 Å². The third-order valence-electron chi connectivity index (χ3n) is 7.72. The molecular formula is C43H62Cl2N8O3. The van der Waals surface area contributed by atoms with Gasteiger partial charge in [0.1, 0.15) is 17.3 Å². The van der Waals surface area contributed by atoms with Crippen molar-refractivity contribution in [3.05, 3.63) is 106 Å². The molecule has 0 aliphatic rings. The number of benzene rings is 2. The number of halogens is 2. The quantitative estimate of drug-likeness (QED) is 0.0938. The maximum Gasteiger partial charge on any atom is 0.356 e. The van der Waals surface area contributed by atoms with Crippen LogP contribution in [-0.4, -0.2) is 69.0 Å². The van der Waals surface area contributed by atoms with Crippen molar-refractivity contribution < 1.29 is 14.3 Å². The van der Waals surface area contributed by atoms with Crippen LogP contribution in [0.1, 0.15) is 114 Å². The van der Waals surface area contributed by atoms with Crippen LogP contribution in [0.3, 0.4) is 0 Å². The minimum atomic E-state index is -0.536. The van der Waals surface area contributed by atoms with E-state index in [9.17, 15) is 9.59 Å². The molecule has 11 nitrogen and oxygen atoms in total. The summed E-state index contributed by atoms with van der Waals surface area (Å²) >= 11 is 11.9. The zero-order chi connectivity index (χ0) is 42.3. The fraction of sp³-hybridized carbons (Fsp3) is 0.488. The fourth-order valence-electron chi connectivity index (χ4n) is 6.64. The van der Waals surface area contributed by atoms with Crippen LogP contribution in [0.25, 0.3) is 0 Å². The van der Waals surface area contributed by atoms with Crippen molar-refractivity contribution in [2.24, 2.45) is 10.8 Å². The maximum absolute atomic E-state index is 12.8. The highest BCUT2D eigenvalue weighted by atomic mass is 35.5. The minimum Gasteiger partial charge on any atom is -0.464 e. The maximum atomic E-state index is 12.8. The number of aromatic nitrogens is 4. The summed E-state index contributed by atoms with van der Waals surface area (Å²) < 4.78 is 4.64.